The standard InChI is InChI=1S/C11H14BrNO/c12-10-7-9(14)2-1-8(10)3-4-11(13)5-6-11/h1-2,7,14H,3-6,13H2. The molecule has 3 N–H and O–H groups in total. The Hall–Kier alpha value is -0.540. The lowest BCUT2D eigenvalue weighted by Gasteiger charge is -2.09. The quantitative estimate of drug-likeness (QED) is 0.873. The van der Waals surface area contributed by atoms with Crippen LogP contribution >= 0.6 is 15.9 Å². The van der Waals surface area contributed by atoms with Gasteiger partial charge in [-0.15, -0.1) is 0 Å². The van der Waals surface area contributed by atoms with Crippen molar-refractivity contribution in [1.82, 2.24) is 0 Å². The van der Waals surface area contributed by atoms with E-state index in [1.807, 2.05) is 6.07 Å². The van der Waals surface area contributed by atoms with Gasteiger partial charge in [-0.3, -0.25) is 0 Å². The minimum absolute atomic E-state index is 0.108. The molecule has 0 amide bonds. The summed E-state index contributed by atoms with van der Waals surface area (Å²) >= 11 is 3.43. The average molecular weight is 256 g/mol. The van der Waals surface area contributed by atoms with Crippen LogP contribution in [0.25, 0.3) is 0 Å². The first kappa shape index (κ1) is 9.99. The maximum absolute atomic E-state index is 9.22. The Bertz CT molecular complexity index is 347. The Morgan fingerprint density at radius 2 is 2.14 bits per heavy atom. The van der Waals surface area contributed by atoms with Gasteiger partial charge in [-0.25, -0.2) is 0 Å². The number of phenolic OH excluding ortho intramolecular Hbond substituents is 1. The topological polar surface area (TPSA) is 46.2 Å². The molecule has 76 valence electrons. The first-order valence-corrected chi connectivity index (χ1v) is 5.65. The summed E-state index contributed by atoms with van der Waals surface area (Å²) in [5.74, 6) is 0.300. The van der Waals surface area contributed by atoms with Gasteiger partial charge in [0.15, 0.2) is 0 Å². The lowest BCUT2D eigenvalue weighted by atomic mass is 10.0. The summed E-state index contributed by atoms with van der Waals surface area (Å²) in [5.41, 5.74) is 7.34. The lowest BCUT2D eigenvalue weighted by Crippen LogP contribution is -2.22. The average Bonchev–Trinajstić information content (AvgIpc) is 2.83. The van der Waals surface area contributed by atoms with Crippen molar-refractivity contribution < 1.29 is 5.11 Å². The van der Waals surface area contributed by atoms with E-state index < -0.39 is 0 Å². The minimum Gasteiger partial charge on any atom is -0.508 e. The van der Waals surface area contributed by atoms with Crippen molar-refractivity contribution in [1.29, 1.82) is 0 Å². The van der Waals surface area contributed by atoms with Crippen LogP contribution in [0.15, 0.2) is 22.7 Å². The maximum Gasteiger partial charge on any atom is 0.116 e. The van der Waals surface area contributed by atoms with E-state index in [0.717, 1.165) is 30.2 Å². The Labute approximate surface area is 92.3 Å². The van der Waals surface area contributed by atoms with E-state index >= 15 is 0 Å². The number of hydrogen-bond donors (Lipinski definition) is 2. The van der Waals surface area contributed by atoms with E-state index in [0.29, 0.717) is 5.75 Å². The third-order valence-electron chi connectivity index (χ3n) is 2.82. The van der Waals surface area contributed by atoms with Gasteiger partial charge in [0.2, 0.25) is 0 Å². The Morgan fingerprint density at radius 3 is 2.71 bits per heavy atom. The van der Waals surface area contributed by atoms with Crippen molar-refractivity contribution in [2.45, 2.75) is 31.2 Å². The van der Waals surface area contributed by atoms with Crippen molar-refractivity contribution in [3.63, 3.8) is 0 Å². The molecule has 0 aromatic heterocycles. The van der Waals surface area contributed by atoms with E-state index in [4.69, 9.17) is 5.73 Å². The molecule has 0 aliphatic heterocycles. The van der Waals surface area contributed by atoms with E-state index in [1.165, 1.54) is 5.56 Å². The summed E-state index contributed by atoms with van der Waals surface area (Å²) < 4.78 is 0.974. The van der Waals surface area contributed by atoms with Crippen molar-refractivity contribution in [3.8, 4) is 5.75 Å². The number of nitrogens with two attached hydrogens (primary N) is 1. The summed E-state index contributed by atoms with van der Waals surface area (Å²) in [6.45, 7) is 0. The van der Waals surface area contributed by atoms with Crippen LogP contribution in [-0.4, -0.2) is 10.6 Å². The molecule has 14 heavy (non-hydrogen) atoms. The lowest BCUT2D eigenvalue weighted by molar-refractivity contribution is 0.474. The summed E-state index contributed by atoms with van der Waals surface area (Å²) in [6.07, 6.45) is 4.33. The third kappa shape index (κ3) is 2.28. The molecule has 0 unspecified atom stereocenters. The first-order chi connectivity index (χ1) is 6.59. The van der Waals surface area contributed by atoms with E-state index in [1.54, 1.807) is 12.1 Å². The van der Waals surface area contributed by atoms with Crippen LogP contribution in [0.2, 0.25) is 0 Å². The fourth-order valence-corrected chi connectivity index (χ4v) is 2.10. The predicted octanol–water partition coefficient (Wildman–Crippen LogP) is 2.58. The molecule has 0 heterocycles. The van der Waals surface area contributed by atoms with Gasteiger partial charge in [-0.05, 0) is 43.4 Å². The molecule has 3 heteroatoms. The number of aromatic hydroxyl groups is 1. The molecule has 1 saturated carbocycles. The largest absolute Gasteiger partial charge is 0.508 e. The number of phenols is 1. The fourth-order valence-electron chi connectivity index (χ4n) is 1.53. The highest BCUT2D eigenvalue weighted by Crippen LogP contribution is 2.37. The van der Waals surface area contributed by atoms with Gasteiger partial charge >= 0.3 is 0 Å². The number of aryl methyl sites for hydroxylation is 1. The van der Waals surface area contributed by atoms with Gasteiger partial charge in [0.05, 0.1) is 0 Å². The van der Waals surface area contributed by atoms with Crippen molar-refractivity contribution >= 4 is 15.9 Å². The minimum atomic E-state index is 0.108. The monoisotopic (exact) mass is 255 g/mol. The highest BCUT2D eigenvalue weighted by molar-refractivity contribution is 9.10. The van der Waals surface area contributed by atoms with Crippen LogP contribution in [0.3, 0.4) is 0 Å². The fraction of sp³-hybridized carbons (Fsp3) is 0.455. The van der Waals surface area contributed by atoms with Crippen molar-refractivity contribution in [3.05, 3.63) is 28.2 Å². The molecule has 2 rings (SSSR count). The zero-order chi connectivity index (χ0) is 10.2. The molecule has 0 saturated heterocycles. The Kier molecular flexibility index (Phi) is 2.54. The van der Waals surface area contributed by atoms with Gasteiger partial charge in [0, 0.05) is 10.0 Å². The molecule has 1 aromatic carbocycles. The smallest absolute Gasteiger partial charge is 0.116 e. The van der Waals surface area contributed by atoms with Gasteiger partial charge in [-0.1, -0.05) is 22.0 Å². The second kappa shape index (κ2) is 3.55. The van der Waals surface area contributed by atoms with Crippen LogP contribution in [-0.2, 0) is 6.42 Å². The van der Waals surface area contributed by atoms with Crippen LogP contribution in [0.1, 0.15) is 24.8 Å². The number of rotatable bonds is 3. The molecule has 1 aliphatic carbocycles. The molecule has 0 atom stereocenters. The summed E-state index contributed by atoms with van der Waals surface area (Å²) in [5, 5.41) is 9.22. The van der Waals surface area contributed by atoms with Crippen LogP contribution in [0, 0.1) is 0 Å². The molecule has 1 fully saturated rings. The number of benzene rings is 1. The van der Waals surface area contributed by atoms with Crippen LogP contribution in [0.5, 0.6) is 5.75 Å². The molecular formula is C11H14BrNO. The SMILES string of the molecule is NC1(CCc2ccc(O)cc2Br)CC1. The number of halogens is 1. The highest BCUT2D eigenvalue weighted by Gasteiger charge is 2.37. The highest BCUT2D eigenvalue weighted by atomic mass is 79.9. The molecule has 0 radical (unpaired) electrons. The summed E-state index contributed by atoms with van der Waals surface area (Å²) in [7, 11) is 0. The Morgan fingerprint density at radius 1 is 1.43 bits per heavy atom. The Balaban J connectivity index is 2.02. The van der Waals surface area contributed by atoms with E-state index in [9.17, 15) is 5.11 Å². The summed E-state index contributed by atoms with van der Waals surface area (Å²) in [6, 6.07) is 5.40. The normalized spacial score (nSPS) is 18.1. The summed E-state index contributed by atoms with van der Waals surface area (Å²) in [4.78, 5) is 0. The van der Waals surface area contributed by atoms with Crippen molar-refractivity contribution in [2.24, 2.45) is 5.73 Å². The molecule has 0 spiro atoms. The van der Waals surface area contributed by atoms with E-state index in [2.05, 4.69) is 15.9 Å². The van der Waals surface area contributed by atoms with Gasteiger partial charge in [0.25, 0.3) is 0 Å². The van der Waals surface area contributed by atoms with Gasteiger partial charge in [0.1, 0.15) is 5.75 Å². The first-order valence-electron chi connectivity index (χ1n) is 4.85. The molecule has 1 aromatic rings. The molecule has 2 nitrogen and oxygen atoms in total. The van der Waals surface area contributed by atoms with Crippen LogP contribution in [0.4, 0.5) is 0 Å². The third-order valence-corrected chi connectivity index (χ3v) is 3.56. The zero-order valence-corrected chi connectivity index (χ0v) is 9.55. The van der Waals surface area contributed by atoms with Crippen molar-refractivity contribution in [2.75, 3.05) is 0 Å². The molecule has 0 bridgehead atoms. The molecular weight excluding hydrogens is 242 g/mol. The van der Waals surface area contributed by atoms with Gasteiger partial charge in [-0.2, -0.15) is 0 Å². The number of hydrogen-bond acceptors (Lipinski definition) is 2. The molecule has 1 aliphatic rings. The van der Waals surface area contributed by atoms with Crippen LogP contribution < -0.4 is 5.73 Å². The van der Waals surface area contributed by atoms with Gasteiger partial charge < -0.3 is 10.8 Å². The van der Waals surface area contributed by atoms with E-state index in [-0.39, 0.29) is 5.54 Å². The second-order valence-electron chi connectivity index (χ2n) is 4.14. The predicted molar refractivity (Wildman–Crippen MR) is 60.3 cm³/mol. The second-order valence-corrected chi connectivity index (χ2v) is 4.99. The zero-order valence-electron chi connectivity index (χ0n) is 7.96. The maximum atomic E-state index is 9.22.